The molecule has 3 heterocycles. The van der Waals surface area contributed by atoms with Gasteiger partial charge in [-0.1, -0.05) is 35.1 Å². The fourth-order valence-electron chi connectivity index (χ4n) is 3.47. The Bertz CT molecular complexity index is 1070. The summed E-state index contributed by atoms with van der Waals surface area (Å²) in [6.07, 6.45) is 3.52. The number of hydrogen-bond acceptors (Lipinski definition) is 7. The van der Waals surface area contributed by atoms with Gasteiger partial charge in [-0.2, -0.15) is 0 Å². The van der Waals surface area contributed by atoms with Gasteiger partial charge >= 0.3 is 0 Å². The summed E-state index contributed by atoms with van der Waals surface area (Å²) in [6.45, 7) is 2.96. The van der Waals surface area contributed by atoms with Crippen LogP contribution in [-0.4, -0.2) is 58.1 Å². The summed E-state index contributed by atoms with van der Waals surface area (Å²) in [7, 11) is 0. The lowest BCUT2D eigenvalue weighted by atomic mass is 10.2. The lowest BCUT2D eigenvalue weighted by Crippen LogP contribution is -2.49. The van der Waals surface area contributed by atoms with E-state index >= 15 is 0 Å². The standard InChI is InChI=1S/C22H23ClN6O2S/c23-16-5-3-6-17(15-16)25-21(31)22-27-26-19(32-22)8-4-9-20(30)29-13-11-28(12-14-29)18-7-1-2-10-24-18/h1-3,5-7,10,15H,4,8-9,11-14H2,(H,25,31). The average molecular weight is 471 g/mol. The number of halogens is 1. The zero-order valence-electron chi connectivity index (χ0n) is 17.4. The quantitative estimate of drug-likeness (QED) is 0.568. The highest BCUT2D eigenvalue weighted by Gasteiger charge is 2.21. The van der Waals surface area contributed by atoms with Gasteiger partial charge in [-0.25, -0.2) is 4.98 Å². The van der Waals surface area contributed by atoms with Gasteiger partial charge in [0.05, 0.1) is 0 Å². The molecule has 2 amide bonds. The first-order valence-electron chi connectivity index (χ1n) is 10.4. The van der Waals surface area contributed by atoms with E-state index in [0.717, 1.165) is 23.9 Å². The Hall–Kier alpha value is -3.04. The number of aromatic nitrogens is 3. The van der Waals surface area contributed by atoms with E-state index in [-0.39, 0.29) is 16.8 Å². The Morgan fingerprint density at radius 1 is 1.06 bits per heavy atom. The first-order chi connectivity index (χ1) is 15.6. The van der Waals surface area contributed by atoms with Crippen LogP contribution in [0.5, 0.6) is 0 Å². The first-order valence-corrected chi connectivity index (χ1v) is 11.6. The first kappa shape index (κ1) is 22.2. The highest BCUT2D eigenvalue weighted by Crippen LogP contribution is 2.19. The Morgan fingerprint density at radius 3 is 2.66 bits per heavy atom. The third kappa shape index (κ3) is 5.80. The van der Waals surface area contributed by atoms with Gasteiger partial charge in [0.15, 0.2) is 0 Å². The Morgan fingerprint density at radius 2 is 1.91 bits per heavy atom. The molecule has 3 aromatic rings. The van der Waals surface area contributed by atoms with Crippen LogP contribution >= 0.6 is 22.9 Å². The van der Waals surface area contributed by atoms with E-state index in [4.69, 9.17) is 11.6 Å². The van der Waals surface area contributed by atoms with Crippen molar-refractivity contribution in [3.63, 3.8) is 0 Å². The maximum atomic E-state index is 12.6. The molecule has 0 atom stereocenters. The third-order valence-corrected chi connectivity index (χ3v) is 6.35. The molecular formula is C22H23ClN6O2S. The SMILES string of the molecule is O=C(Nc1cccc(Cl)c1)c1nnc(CCCC(=O)N2CCN(c3ccccn3)CC2)s1. The summed E-state index contributed by atoms with van der Waals surface area (Å²) in [4.78, 5) is 33.4. The van der Waals surface area contributed by atoms with Crippen molar-refractivity contribution in [2.75, 3.05) is 36.4 Å². The molecule has 1 aliphatic rings. The number of aryl methyl sites for hydroxylation is 1. The predicted octanol–water partition coefficient (Wildman–Crippen LogP) is 3.51. The van der Waals surface area contributed by atoms with Crippen molar-refractivity contribution in [1.82, 2.24) is 20.1 Å². The number of pyridine rings is 1. The molecule has 4 rings (SSSR count). The Kier molecular flexibility index (Phi) is 7.28. The molecule has 1 saturated heterocycles. The number of anilines is 2. The van der Waals surface area contributed by atoms with Crippen LogP contribution in [0.3, 0.4) is 0 Å². The van der Waals surface area contributed by atoms with Crippen molar-refractivity contribution in [1.29, 1.82) is 0 Å². The van der Waals surface area contributed by atoms with Crippen molar-refractivity contribution < 1.29 is 9.59 Å². The van der Waals surface area contributed by atoms with E-state index in [2.05, 4.69) is 25.4 Å². The lowest BCUT2D eigenvalue weighted by molar-refractivity contribution is -0.131. The summed E-state index contributed by atoms with van der Waals surface area (Å²) in [6, 6.07) is 12.8. The number of nitrogens with zero attached hydrogens (tertiary/aromatic N) is 5. The molecule has 0 aliphatic carbocycles. The van der Waals surface area contributed by atoms with Crippen molar-refractivity contribution >= 4 is 46.3 Å². The normalized spacial score (nSPS) is 13.8. The molecule has 0 spiro atoms. The molecule has 1 aromatic carbocycles. The number of carbonyl (C=O) groups excluding carboxylic acids is 2. The van der Waals surface area contributed by atoms with Gasteiger partial charge in [0.25, 0.3) is 5.91 Å². The van der Waals surface area contributed by atoms with Crippen LogP contribution in [0.2, 0.25) is 5.02 Å². The van der Waals surface area contributed by atoms with E-state index in [0.29, 0.717) is 43.1 Å². The van der Waals surface area contributed by atoms with Crippen molar-refractivity contribution in [3.05, 3.63) is 63.7 Å². The molecular weight excluding hydrogens is 448 g/mol. The summed E-state index contributed by atoms with van der Waals surface area (Å²) in [5, 5.41) is 12.4. The van der Waals surface area contributed by atoms with Crippen LogP contribution in [0.4, 0.5) is 11.5 Å². The van der Waals surface area contributed by atoms with Crippen LogP contribution in [0.15, 0.2) is 48.7 Å². The van der Waals surface area contributed by atoms with E-state index in [9.17, 15) is 9.59 Å². The highest BCUT2D eigenvalue weighted by atomic mass is 35.5. The third-order valence-electron chi connectivity index (χ3n) is 5.13. The highest BCUT2D eigenvalue weighted by molar-refractivity contribution is 7.13. The maximum absolute atomic E-state index is 12.6. The summed E-state index contributed by atoms with van der Waals surface area (Å²) in [5.41, 5.74) is 0.605. The summed E-state index contributed by atoms with van der Waals surface area (Å²) in [5.74, 6) is 0.776. The second-order valence-corrected chi connectivity index (χ2v) is 8.87. The van der Waals surface area contributed by atoms with E-state index in [1.54, 1.807) is 30.5 Å². The second kappa shape index (κ2) is 10.5. The van der Waals surface area contributed by atoms with Gasteiger partial charge in [0.2, 0.25) is 10.9 Å². The van der Waals surface area contributed by atoms with E-state index in [1.807, 2.05) is 23.1 Å². The molecule has 0 radical (unpaired) electrons. The minimum absolute atomic E-state index is 0.147. The Labute approximate surface area is 195 Å². The molecule has 166 valence electrons. The average Bonchev–Trinajstić information content (AvgIpc) is 3.29. The van der Waals surface area contributed by atoms with Crippen LogP contribution in [0, 0.1) is 0 Å². The van der Waals surface area contributed by atoms with Crippen molar-refractivity contribution in [2.24, 2.45) is 0 Å². The fraction of sp³-hybridized carbons (Fsp3) is 0.318. The zero-order chi connectivity index (χ0) is 22.3. The van der Waals surface area contributed by atoms with Gasteiger partial charge in [0.1, 0.15) is 10.8 Å². The van der Waals surface area contributed by atoms with Crippen LogP contribution < -0.4 is 10.2 Å². The largest absolute Gasteiger partial charge is 0.353 e. The number of rotatable bonds is 7. The molecule has 32 heavy (non-hydrogen) atoms. The lowest BCUT2D eigenvalue weighted by Gasteiger charge is -2.35. The van der Waals surface area contributed by atoms with Gasteiger partial charge in [-0.15, -0.1) is 10.2 Å². The molecule has 1 fully saturated rings. The van der Waals surface area contributed by atoms with Gasteiger partial charge in [-0.3, -0.25) is 9.59 Å². The number of piperazine rings is 1. The molecule has 1 N–H and O–H groups in total. The molecule has 0 unspecified atom stereocenters. The maximum Gasteiger partial charge on any atom is 0.286 e. The number of nitrogens with one attached hydrogen (secondary N) is 1. The smallest absolute Gasteiger partial charge is 0.286 e. The number of benzene rings is 1. The van der Waals surface area contributed by atoms with Gasteiger partial charge < -0.3 is 15.1 Å². The number of amides is 2. The van der Waals surface area contributed by atoms with Crippen molar-refractivity contribution in [3.8, 4) is 0 Å². The fourth-order valence-corrected chi connectivity index (χ4v) is 4.44. The molecule has 0 saturated carbocycles. The van der Waals surface area contributed by atoms with Gasteiger partial charge in [-0.05, 0) is 36.8 Å². The minimum Gasteiger partial charge on any atom is -0.353 e. The number of hydrogen-bond donors (Lipinski definition) is 1. The minimum atomic E-state index is -0.321. The molecule has 2 aromatic heterocycles. The topological polar surface area (TPSA) is 91.3 Å². The van der Waals surface area contributed by atoms with Crippen molar-refractivity contribution in [2.45, 2.75) is 19.3 Å². The Balaban J connectivity index is 1.20. The number of carbonyl (C=O) groups is 2. The zero-order valence-corrected chi connectivity index (χ0v) is 19.0. The van der Waals surface area contributed by atoms with Crippen LogP contribution in [0.25, 0.3) is 0 Å². The van der Waals surface area contributed by atoms with Gasteiger partial charge in [0, 0.05) is 55.9 Å². The van der Waals surface area contributed by atoms with E-state index < -0.39 is 0 Å². The molecule has 1 aliphatic heterocycles. The predicted molar refractivity (Wildman–Crippen MR) is 125 cm³/mol. The molecule has 0 bridgehead atoms. The van der Waals surface area contributed by atoms with Crippen LogP contribution in [0.1, 0.15) is 27.7 Å². The molecule has 10 heteroatoms. The summed E-state index contributed by atoms with van der Waals surface area (Å²) >= 11 is 7.18. The van der Waals surface area contributed by atoms with E-state index in [1.165, 1.54) is 11.3 Å². The second-order valence-electron chi connectivity index (χ2n) is 7.37. The summed E-state index contributed by atoms with van der Waals surface area (Å²) < 4.78 is 0. The monoisotopic (exact) mass is 470 g/mol. The molecule has 8 nitrogen and oxygen atoms in total. The van der Waals surface area contributed by atoms with Crippen LogP contribution in [-0.2, 0) is 11.2 Å².